The summed E-state index contributed by atoms with van der Waals surface area (Å²) in [6.07, 6.45) is 0. The van der Waals surface area contributed by atoms with Crippen LogP contribution in [0.2, 0.25) is 0 Å². The molecule has 0 unspecified atom stereocenters. The van der Waals surface area contributed by atoms with Crippen molar-refractivity contribution in [2.24, 2.45) is 0 Å². The van der Waals surface area contributed by atoms with Gasteiger partial charge in [0.1, 0.15) is 0 Å². The fourth-order valence-electron chi connectivity index (χ4n) is 5.46. The van der Waals surface area contributed by atoms with Gasteiger partial charge < -0.3 is 0 Å². The Hall–Kier alpha value is -3.72. The molecule has 0 N–H and O–H groups in total. The number of hydrogen-bond acceptors (Lipinski definition) is 2. The molecule has 0 atom stereocenters. The lowest BCUT2D eigenvalue weighted by Gasteiger charge is -2.05. The van der Waals surface area contributed by atoms with E-state index in [1.807, 2.05) is 22.7 Å². The smallest absolute Gasteiger partial charge is 0.0362 e. The van der Waals surface area contributed by atoms with Gasteiger partial charge in [0.05, 0.1) is 0 Å². The van der Waals surface area contributed by atoms with E-state index in [-0.39, 0.29) is 0 Å². The van der Waals surface area contributed by atoms with Gasteiger partial charge in [-0.25, -0.2) is 0 Å². The molecule has 0 aliphatic rings. The highest BCUT2D eigenvalue weighted by atomic mass is 32.1. The molecule has 35 heavy (non-hydrogen) atoms. The molecule has 0 nitrogen and oxygen atoms in total. The molecule has 0 amide bonds. The normalized spacial score (nSPS) is 12.1. The van der Waals surface area contributed by atoms with Crippen molar-refractivity contribution in [2.75, 3.05) is 0 Å². The fourth-order valence-corrected chi connectivity index (χ4v) is 7.77. The topological polar surface area (TPSA) is 0 Å². The zero-order valence-corrected chi connectivity index (χ0v) is 20.8. The first kappa shape index (κ1) is 19.6. The van der Waals surface area contributed by atoms with E-state index in [9.17, 15) is 0 Å². The third-order valence-corrected chi connectivity index (χ3v) is 9.47. The van der Waals surface area contributed by atoms with Crippen molar-refractivity contribution in [2.45, 2.75) is 6.92 Å². The summed E-state index contributed by atoms with van der Waals surface area (Å²) in [5.41, 5.74) is 3.85. The Kier molecular flexibility index (Phi) is 4.00. The van der Waals surface area contributed by atoms with Crippen molar-refractivity contribution in [1.82, 2.24) is 0 Å². The molecule has 2 heteroatoms. The summed E-state index contributed by atoms with van der Waals surface area (Å²) in [6.45, 7) is 2.17. The number of hydrogen-bond donors (Lipinski definition) is 0. The summed E-state index contributed by atoms with van der Waals surface area (Å²) in [4.78, 5) is 0. The molecule has 0 aliphatic carbocycles. The van der Waals surface area contributed by atoms with Crippen LogP contribution in [0.1, 0.15) is 5.56 Å². The van der Waals surface area contributed by atoms with Crippen LogP contribution < -0.4 is 0 Å². The van der Waals surface area contributed by atoms with E-state index in [1.165, 1.54) is 78.6 Å². The van der Waals surface area contributed by atoms with Gasteiger partial charge in [-0.1, -0.05) is 66.2 Å². The van der Waals surface area contributed by atoms with Gasteiger partial charge in [-0.15, -0.1) is 22.7 Å². The average Bonchev–Trinajstić information content (AvgIpc) is 3.40. The zero-order chi connectivity index (χ0) is 23.1. The van der Waals surface area contributed by atoms with Crippen LogP contribution in [0, 0.1) is 6.92 Å². The Labute approximate surface area is 210 Å². The van der Waals surface area contributed by atoms with E-state index >= 15 is 0 Å². The number of benzene rings is 6. The molecule has 8 aromatic rings. The molecule has 164 valence electrons. The molecule has 6 aromatic carbocycles. The minimum absolute atomic E-state index is 1.26. The Morgan fingerprint density at radius 2 is 0.943 bits per heavy atom. The summed E-state index contributed by atoms with van der Waals surface area (Å²) in [6, 6.07) is 38.6. The van der Waals surface area contributed by atoms with E-state index in [4.69, 9.17) is 0 Å². The highest BCUT2D eigenvalue weighted by Crippen LogP contribution is 2.43. The van der Waals surface area contributed by atoms with Crippen molar-refractivity contribution in [3.8, 4) is 11.1 Å². The SMILES string of the molecule is Cc1ccc2cc3c(cc2c1)sc1cc2c(cc13)sc1cc3cc(-c4ccccc4)ccc3cc12. The molecule has 2 aromatic heterocycles. The maximum atomic E-state index is 2.42. The second-order valence-electron chi connectivity index (χ2n) is 9.52. The largest absolute Gasteiger partial charge is 0.135 e. The van der Waals surface area contributed by atoms with E-state index in [2.05, 4.69) is 110 Å². The molecule has 2 heterocycles. The summed E-state index contributed by atoms with van der Waals surface area (Å²) < 4.78 is 5.48. The van der Waals surface area contributed by atoms with Gasteiger partial charge in [-0.05, 0) is 82.1 Å². The van der Waals surface area contributed by atoms with Gasteiger partial charge in [0.25, 0.3) is 0 Å². The molecule has 0 bridgehead atoms. The standard InChI is InChI=1S/C33H20S2/c1-19-7-8-22-13-26-28-17-33-29(18-32(28)34-30(26)15-24(22)11-19)27-14-23-10-9-21(20-5-3-2-4-6-20)12-25(23)16-31(27)35-33/h2-18H,1H3. The molecule has 0 saturated carbocycles. The van der Waals surface area contributed by atoms with E-state index < -0.39 is 0 Å². The first-order chi connectivity index (χ1) is 17.2. The quantitative estimate of drug-likeness (QED) is 0.219. The van der Waals surface area contributed by atoms with Crippen molar-refractivity contribution in [3.63, 3.8) is 0 Å². The maximum absolute atomic E-state index is 2.42. The monoisotopic (exact) mass is 480 g/mol. The van der Waals surface area contributed by atoms with Crippen LogP contribution in [-0.2, 0) is 0 Å². The Balaban J connectivity index is 1.36. The minimum Gasteiger partial charge on any atom is -0.135 e. The fraction of sp³-hybridized carbons (Fsp3) is 0.0303. The van der Waals surface area contributed by atoms with Crippen LogP contribution in [0.4, 0.5) is 0 Å². The average molecular weight is 481 g/mol. The highest BCUT2D eigenvalue weighted by molar-refractivity contribution is 7.27. The second-order valence-corrected chi connectivity index (χ2v) is 11.7. The maximum Gasteiger partial charge on any atom is 0.0362 e. The molecular weight excluding hydrogens is 460 g/mol. The number of thiophene rings is 2. The van der Waals surface area contributed by atoms with Crippen molar-refractivity contribution < 1.29 is 0 Å². The number of fused-ring (bicyclic) bond motifs is 8. The van der Waals surface area contributed by atoms with Gasteiger partial charge in [0.15, 0.2) is 0 Å². The Bertz CT molecular complexity index is 2110. The molecule has 0 spiro atoms. The van der Waals surface area contributed by atoms with Crippen LogP contribution >= 0.6 is 22.7 Å². The lowest BCUT2D eigenvalue weighted by Crippen LogP contribution is -1.79. The molecule has 0 fully saturated rings. The van der Waals surface area contributed by atoms with Gasteiger partial charge in [0.2, 0.25) is 0 Å². The van der Waals surface area contributed by atoms with Gasteiger partial charge >= 0.3 is 0 Å². The van der Waals surface area contributed by atoms with Crippen molar-refractivity contribution >= 4 is 84.6 Å². The molecule has 0 saturated heterocycles. The predicted octanol–water partition coefficient (Wildman–Crippen LogP) is 10.7. The number of aryl methyl sites for hydroxylation is 1. The molecule has 0 radical (unpaired) electrons. The van der Waals surface area contributed by atoms with E-state index in [0.717, 1.165) is 0 Å². The van der Waals surface area contributed by atoms with Gasteiger partial charge in [-0.2, -0.15) is 0 Å². The van der Waals surface area contributed by atoms with Crippen LogP contribution in [-0.4, -0.2) is 0 Å². The van der Waals surface area contributed by atoms with Crippen LogP contribution in [0.3, 0.4) is 0 Å². The predicted molar refractivity (Wildman–Crippen MR) is 157 cm³/mol. The van der Waals surface area contributed by atoms with Crippen LogP contribution in [0.5, 0.6) is 0 Å². The first-order valence-corrected chi connectivity index (χ1v) is 13.6. The van der Waals surface area contributed by atoms with Gasteiger partial charge in [0, 0.05) is 40.3 Å². The molecule has 8 rings (SSSR count). The van der Waals surface area contributed by atoms with Crippen molar-refractivity contribution in [1.29, 1.82) is 0 Å². The van der Waals surface area contributed by atoms with Crippen LogP contribution in [0.25, 0.3) is 73.0 Å². The summed E-state index contributed by atoms with van der Waals surface area (Å²) in [5.74, 6) is 0. The lowest BCUT2D eigenvalue weighted by atomic mass is 9.99. The summed E-state index contributed by atoms with van der Waals surface area (Å²) in [7, 11) is 0. The summed E-state index contributed by atoms with van der Waals surface area (Å²) in [5, 5.41) is 10.7. The lowest BCUT2D eigenvalue weighted by molar-refractivity contribution is 1.51. The first-order valence-electron chi connectivity index (χ1n) is 11.9. The third-order valence-electron chi connectivity index (χ3n) is 7.24. The third kappa shape index (κ3) is 2.97. The molecular formula is C33H20S2. The second kappa shape index (κ2) is 7.14. The summed E-state index contributed by atoms with van der Waals surface area (Å²) >= 11 is 3.83. The van der Waals surface area contributed by atoms with Crippen LogP contribution in [0.15, 0.2) is 103 Å². The minimum atomic E-state index is 1.26. The van der Waals surface area contributed by atoms with E-state index in [0.29, 0.717) is 0 Å². The van der Waals surface area contributed by atoms with E-state index in [1.54, 1.807) is 0 Å². The highest BCUT2D eigenvalue weighted by Gasteiger charge is 2.13. The Morgan fingerprint density at radius 3 is 1.60 bits per heavy atom. The Morgan fingerprint density at radius 1 is 0.400 bits per heavy atom. The zero-order valence-electron chi connectivity index (χ0n) is 19.1. The van der Waals surface area contributed by atoms with Gasteiger partial charge in [-0.3, -0.25) is 0 Å². The number of rotatable bonds is 1. The molecule has 0 aliphatic heterocycles. The van der Waals surface area contributed by atoms with Crippen molar-refractivity contribution in [3.05, 3.63) is 109 Å².